The SMILES string of the molecule is O=C(CCSc1ccc(Cl)cc1)Nc1ccc(N2CCOCC2)cc1N1CCOCC1. The molecule has 1 amide bonds. The van der Waals surface area contributed by atoms with Crippen LogP contribution in [0.1, 0.15) is 6.42 Å². The molecular formula is C23H28ClN3O3S. The Kier molecular flexibility index (Phi) is 7.97. The van der Waals surface area contributed by atoms with Crippen LogP contribution >= 0.6 is 23.4 Å². The van der Waals surface area contributed by atoms with Crippen LogP contribution in [-0.4, -0.2) is 64.3 Å². The summed E-state index contributed by atoms with van der Waals surface area (Å²) >= 11 is 7.59. The van der Waals surface area contributed by atoms with E-state index in [0.29, 0.717) is 25.4 Å². The molecule has 166 valence electrons. The number of nitrogens with one attached hydrogen (secondary N) is 1. The van der Waals surface area contributed by atoms with Crippen molar-refractivity contribution in [2.45, 2.75) is 11.3 Å². The van der Waals surface area contributed by atoms with Crippen molar-refractivity contribution >= 4 is 46.3 Å². The van der Waals surface area contributed by atoms with Crippen molar-refractivity contribution in [2.24, 2.45) is 0 Å². The number of hydrogen-bond acceptors (Lipinski definition) is 6. The van der Waals surface area contributed by atoms with E-state index in [1.807, 2.05) is 30.3 Å². The maximum atomic E-state index is 12.7. The van der Waals surface area contributed by atoms with Gasteiger partial charge in [-0.3, -0.25) is 4.79 Å². The van der Waals surface area contributed by atoms with Gasteiger partial charge in [0, 0.05) is 54.0 Å². The van der Waals surface area contributed by atoms with Crippen LogP contribution in [0.25, 0.3) is 0 Å². The van der Waals surface area contributed by atoms with E-state index in [1.165, 1.54) is 5.69 Å². The van der Waals surface area contributed by atoms with Gasteiger partial charge in [0.15, 0.2) is 0 Å². The highest BCUT2D eigenvalue weighted by atomic mass is 35.5. The maximum absolute atomic E-state index is 12.7. The molecule has 6 nitrogen and oxygen atoms in total. The Morgan fingerprint density at radius 2 is 1.58 bits per heavy atom. The third kappa shape index (κ3) is 6.29. The Bertz CT molecular complexity index is 869. The van der Waals surface area contributed by atoms with E-state index in [0.717, 1.165) is 60.7 Å². The van der Waals surface area contributed by atoms with Crippen molar-refractivity contribution < 1.29 is 14.3 Å². The lowest BCUT2D eigenvalue weighted by Gasteiger charge is -2.33. The van der Waals surface area contributed by atoms with Gasteiger partial charge in [-0.25, -0.2) is 0 Å². The summed E-state index contributed by atoms with van der Waals surface area (Å²) in [5.74, 6) is 0.738. The molecule has 2 heterocycles. The molecular weight excluding hydrogens is 434 g/mol. The van der Waals surface area contributed by atoms with E-state index in [1.54, 1.807) is 11.8 Å². The van der Waals surface area contributed by atoms with Crippen LogP contribution in [0.2, 0.25) is 5.02 Å². The number of ether oxygens (including phenoxy) is 2. The number of rotatable bonds is 7. The summed E-state index contributed by atoms with van der Waals surface area (Å²) in [6.07, 6.45) is 0.445. The van der Waals surface area contributed by atoms with E-state index in [-0.39, 0.29) is 5.91 Å². The molecule has 1 N–H and O–H groups in total. The van der Waals surface area contributed by atoms with E-state index >= 15 is 0 Å². The zero-order valence-electron chi connectivity index (χ0n) is 17.5. The fourth-order valence-electron chi connectivity index (χ4n) is 3.71. The van der Waals surface area contributed by atoms with Crippen LogP contribution in [0.5, 0.6) is 0 Å². The topological polar surface area (TPSA) is 54.0 Å². The summed E-state index contributed by atoms with van der Waals surface area (Å²) in [5.41, 5.74) is 3.09. The van der Waals surface area contributed by atoms with Crippen LogP contribution in [0.4, 0.5) is 17.1 Å². The van der Waals surface area contributed by atoms with Gasteiger partial charge in [-0.15, -0.1) is 11.8 Å². The highest BCUT2D eigenvalue weighted by Crippen LogP contribution is 2.32. The average Bonchev–Trinajstić information content (AvgIpc) is 2.82. The minimum atomic E-state index is 0.0232. The normalized spacial score (nSPS) is 16.9. The van der Waals surface area contributed by atoms with Gasteiger partial charge in [0.05, 0.1) is 37.8 Å². The van der Waals surface area contributed by atoms with Crippen LogP contribution in [0.3, 0.4) is 0 Å². The molecule has 2 fully saturated rings. The average molecular weight is 462 g/mol. The van der Waals surface area contributed by atoms with E-state index in [9.17, 15) is 4.79 Å². The number of amides is 1. The molecule has 0 spiro atoms. The van der Waals surface area contributed by atoms with E-state index < -0.39 is 0 Å². The van der Waals surface area contributed by atoms with Gasteiger partial charge in [-0.1, -0.05) is 11.6 Å². The van der Waals surface area contributed by atoms with Gasteiger partial charge in [-0.05, 0) is 42.5 Å². The summed E-state index contributed by atoms with van der Waals surface area (Å²) < 4.78 is 11.0. The van der Waals surface area contributed by atoms with E-state index in [4.69, 9.17) is 21.1 Å². The lowest BCUT2D eigenvalue weighted by atomic mass is 10.1. The van der Waals surface area contributed by atoms with Crippen molar-refractivity contribution in [3.63, 3.8) is 0 Å². The lowest BCUT2D eigenvalue weighted by molar-refractivity contribution is -0.115. The number of anilines is 3. The molecule has 0 aliphatic carbocycles. The standard InChI is InChI=1S/C23H28ClN3O3S/c24-18-1-4-20(5-2-18)31-16-7-23(28)25-21-6-3-19(26-8-12-29-13-9-26)17-22(21)27-10-14-30-15-11-27/h1-6,17H,7-16H2,(H,25,28). The predicted octanol–water partition coefficient (Wildman–Crippen LogP) is 4.13. The zero-order valence-corrected chi connectivity index (χ0v) is 19.1. The third-order valence-corrected chi connectivity index (χ3v) is 6.66. The van der Waals surface area contributed by atoms with Crippen molar-refractivity contribution in [3.8, 4) is 0 Å². The fraction of sp³-hybridized carbons (Fsp3) is 0.435. The molecule has 2 aromatic carbocycles. The van der Waals surface area contributed by atoms with Gasteiger partial charge in [-0.2, -0.15) is 0 Å². The monoisotopic (exact) mass is 461 g/mol. The third-order valence-electron chi connectivity index (χ3n) is 5.39. The fourth-order valence-corrected chi connectivity index (χ4v) is 4.69. The van der Waals surface area contributed by atoms with Crippen molar-refractivity contribution in [2.75, 3.05) is 73.5 Å². The van der Waals surface area contributed by atoms with Gasteiger partial charge >= 0.3 is 0 Å². The molecule has 4 rings (SSSR count). The summed E-state index contributed by atoms with van der Waals surface area (Å²) in [4.78, 5) is 18.4. The number of morpholine rings is 2. The first kappa shape index (κ1) is 22.3. The van der Waals surface area contributed by atoms with Crippen LogP contribution < -0.4 is 15.1 Å². The molecule has 2 aliphatic rings. The van der Waals surface area contributed by atoms with Crippen LogP contribution in [-0.2, 0) is 14.3 Å². The minimum absolute atomic E-state index is 0.0232. The molecule has 0 radical (unpaired) electrons. The highest BCUT2D eigenvalue weighted by Gasteiger charge is 2.19. The second-order valence-electron chi connectivity index (χ2n) is 7.50. The Balaban J connectivity index is 1.41. The summed E-state index contributed by atoms with van der Waals surface area (Å²) in [7, 11) is 0. The number of hydrogen-bond donors (Lipinski definition) is 1. The van der Waals surface area contributed by atoms with Crippen molar-refractivity contribution in [3.05, 3.63) is 47.5 Å². The second kappa shape index (κ2) is 11.1. The quantitative estimate of drug-likeness (QED) is 0.625. The number of benzene rings is 2. The Morgan fingerprint density at radius 3 is 2.26 bits per heavy atom. The maximum Gasteiger partial charge on any atom is 0.225 e. The van der Waals surface area contributed by atoms with Gasteiger partial charge < -0.3 is 24.6 Å². The van der Waals surface area contributed by atoms with Crippen LogP contribution in [0.15, 0.2) is 47.4 Å². The number of halogens is 1. The zero-order chi connectivity index (χ0) is 21.5. The first-order valence-electron chi connectivity index (χ1n) is 10.7. The Hall–Kier alpha value is -1.93. The molecule has 31 heavy (non-hydrogen) atoms. The number of carbonyl (C=O) groups excluding carboxylic acids is 1. The number of carbonyl (C=O) groups is 1. The summed E-state index contributed by atoms with van der Waals surface area (Å²) in [6, 6.07) is 14.0. The van der Waals surface area contributed by atoms with Crippen molar-refractivity contribution in [1.82, 2.24) is 0 Å². The molecule has 8 heteroatoms. The van der Waals surface area contributed by atoms with Gasteiger partial charge in [0.25, 0.3) is 0 Å². The predicted molar refractivity (Wildman–Crippen MR) is 128 cm³/mol. The van der Waals surface area contributed by atoms with E-state index in [2.05, 4.69) is 27.2 Å². The minimum Gasteiger partial charge on any atom is -0.378 e. The molecule has 0 bridgehead atoms. The summed E-state index contributed by atoms with van der Waals surface area (Å²) in [5, 5.41) is 3.85. The molecule has 0 atom stereocenters. The molecule has 2 saturated heterocycles. The first-order chi connectivity index (χ1) is 15.2. The Morgan fingerprint density at radius 1 is 0.935 bits per heavy atom. The molecule has 0 saturated carbocycles. The highest BCUT2D eigenvalue weighted by molar-refractivity contribution is 7.99. The van der Waals surface area contributed by atoms with Gasteiger partial charge in [0.1, 0.15) is 0 Å². The number of nitrogens with zero attached hydrogens (tertiary/aromatic N) is 2. The molecule has 2 aromatic rings. The molecule has 0 unspecified atom stereocenters. The smallest absolute Gasteiger partial charge is 0.225 e. The van der Waals surface area contributed by atoms with Gasteiger partial charge in [0.2, 0.25) is 5.91 Å². The largest absolute Gasteiger partial charge is 0.378 e. The first-order valence-corrected chi connectivity index (χ1v) is 12.0. The van der Waals surface area contributed by atoms with Crippen molar-refractivity contribution in [1.29, 1.82) is 0 Å². The molecule has 2 aliphatic heterocycles. The second-order valence-corrected chi connectivity index (χ2v) is 9.11. The summed E-state index contributed by atoms with van der Waals surface area (Å²) in [6.45, 7) is 6.31. The lowest BCUT2D eigenvalue weighted by Crippen LogP contribution is -2.38. The number of thioether (sulfide) groups is 1. The Labute approximate surface area is 192 Å². The molecule has 0 aromatic heterocycles. The van der Waals surface area contributed by atoms with Crippen LogP contribution in [0, 0.1) is 0 Å².